The molecule has 150 valence electrons. The van der Waals surface area contributed by atoms with Crippen molar-refractivity contribution in [2.24, 2.45) is 11.8 Å². The van der Waals surface area contributed by atoms with Gasteiger partial charge in [0.25, 0.3) is 0 Å². The Labute approximate surface area is 159 Å². The number of aldehydes is 1. The molecule has 2 aliphatic rings. The summed E-state index contributed by atoms with van der Waals surface area (Å²) in [6.07, 6.45) is 17.7. The molecule has 0 aromatic carbocycles. The predicted molar refractivity (Wildman–Crippen MR) is 107 cm³/mol. The maximum absolute atomic E-state index is 10.2. The summed E-state index contributed by atoms with van der Waals surface area (Å²) in [5.74, 6) is 0.699. The molecular weight excluding hydrogens is 328 g/mol. The number of rotatable bonds is 6. The molecule has 0 aromatic heterocycles. The Morgan fingerprint density at radius 1 is 1.04 bits per heavy atom. The minimum atomic E-state index is -0.264. The summed E-state index contributed by atoms with van der Waals surface area (Å²) in [7, 11) is 0. The summed E-state index contributed by atoms with van der Waals surface area (Å²) in [6, 6.07) is 0. The Bertz CT molecular complexity index is 380. The molecule has 0 amide bonds. The maximum Gasteiger partial charge on any atom is 0.302 e. The van der Waals surface area contributed by atoms with E-state index < -0.39 is 0 Å². The van der Waals surface area contributed by atoms with Crippen molar-refractivity contribution in [3.8, 4) is 0 Å². The first-order valence-electron chi connectivity index (χ1n) is 10.0. The fourth-order valence-corrected chi connectivity index (χ4v) is 3.33. The summed E-state index contributed by atoms with van der Waals surface area (Å²) in [4.78, 5) is 20.1. The van der Waals surface area contributed by atoms with Crippen LogP contribution < -0.4 is 0 Å². The zero-order valence-corrected chi connectivity index (χ0v) is 16.5. The minimum absolute atomic E-state index is 0.118. The molecule has 4 heteroatoms. The molecule has 0 radical (unpaired) electrons. The van der Waals surface area contributed by atoms with E-state index in [1.165, 1.54) is 64.4 Å². The third kappa shape index (κ3) is 13.8. The van der Waals surface area contributed by atoms with E-state index in [9.17, 15) is 14.7 Å². The zero-order chi connectivity index (χ0) is 19.6. The van der Waals surface area contributed by atoms with Crippen molar-refractivity contribution in [1.82, 2.24) is 0 Å². The van der Waals surface area contributed by atoms with E-state index in [4.69, 9.17) is 0 Å². The highest BCUT2D eigenvalue weighted by Crippen LogP contribution is 2.27. The van der Waals surface area contributed by atoms with Crippen molar-refractivity contribution in [3.05, 3.63) is 25.3 Å². The molecule has 2 fully saturated rings. The van der Waals surface area contributed by atoms with Gasteiger partial charge in [0.15, 0.2) is 0 Å². The van der Waals surface area contributed by atoms with E-state index in [2.05, 4.69) is 17.9 Å². The van der Waals surface area contributed by atoms with E-state index >= 15 is 0 Å². The summed E-state index contributed by atoms with van der Waals surface area (Å²) < 4.78 is 4.43. The molecule has 0 aromatic rings. The molecule has 1 N–H and O–H groups in total. The number of ether oxygens (including phenoxy) is 1. The fourth-order valence-electron chi connectivity index (χ4n) is 3.33. The van der Waals surface area contributed by atoms with Crippen LogP contribution in [0.1, 0.15) is 77.6 Å². The van der Waals surface area contributed by atoms with Gasteiger partial charge in [0.05, 0.1) is 6.10 Å². The van der Waals surface area contributed by atoms with Crippen LogP contribution >= 0.6 is 0 Å². The van der Waals surface area contributed by atoms with Crippen LogP contribution in [-0.4, -0.2) is 30.1 Å². The van der Waals surface area contributed by atoms with Gasteiger partial charge >= 0.3 is 5.97 Å². The maximum atomic E-state index is 10.2. The highest BCUT2D eigenvalue weighted by molar-refractivity contribution is 5.65. The van der Waals surface area contributed by atoms with E-state index in [1.54, 1.807) is 0 Å². The Hall–Kier alpha value is -1.42. The topological polar surface area (TPSA) is 63.6 Å². The molecule has 2 aliphatic carbocycles. The molecule has 26 heavy (non-hydrogen) atoms. The van der Waals surface area contributed by atoms with Gasteiger partial charge in [-0.2, -0.15) is 0 Å². The van der Waals surface area contributed by atoms with Gasteiger partial charge < -0.3 is 14.6 Å². The lowest BCUT2D eigenvalue weighted by Gasteiger charge is -2.25. The molecule has 1 unspecified atom stereocenters. The first-order valence-corrected chi connectivity index (χ1v) is 10.0. The van der Waals surface area contributed by atoms with Crippen LogP contribution in [0.3, 0.4) is 0 Å². The summed E-state index contributed by atoms with van der Waals surface area (Å²) >= 11 is 0. The fraction of sp³-hybridized carbons (Fsp3) is 0.727. The van der Waals surface area contributed by atoms with E-state index in [1.807, 2.05) is 6.08 Å². The molecule has 0 saturated heterocycles. The van der Waals surface area contributed by atoms with Crippen molar-refractivity contribution in [2.75, 3.05) is 6.61 Å². The van der Waals surface area contributed by atoms with E-state index in [0.29, 0.717) is 18.4 Å². The number of aliphatic hydroxyl groups is 1. The second-order valence-corrected chi connectivity index (χ2v) is 7.12. The largest absolute Gasteiger partial charge is 0.462 e. The molecule has 2 saturated carbocycles. The summed E-state index contributed by atoms with van der Waals surface area (Å²) in [5, 5.41) is 9.60. The Kier molecular flexibility index (Phi) is 16.1. The standard InChI is InChI=1S/C10H18O.C7H12O.C5H8O2/c1-2-6-10(11)9-7-4-3-5-8-9;8-6-7-4-2-1-3-5-7;1-3-4-7-5(2)6/h2,9-11H,1,3-8H2;6-7H,1-5H2;3H,1,4H2,2H3. The first-order chi connectivity index (χ1) is 12.5. The van der Waals surface area contributed by atoms with Crippen molar-refractivity contribution >= 4 is 12.3 Å². The van der Waals surface area contributed by atoms with Gasteiger partial charge in [-0.25, -0.2) is 0 Å². The average Bonchev–Trinajstić information content (AvgIpc) is 2.69. The van der Waals surface area contributed by atoms with Gasteiger partial charge in [-0.1, -0.05) is 57.3 Å². The molecule has 1 atom stereocenters. The second kappa shape index (κ2) is 17.0. The second-order valence-electron chi connectivity index (χ2n) is 7.12. The molecular formula is C22H38O4. The number of hydrogen-bond acceptors (Lipinski definition) is 4. The quantitative estimate of drug-likeness (QED) is 0.408. The SMILES string of the molecule is C=CCC(O)C1CCCCC1.C=CCOC(C)=O.O=CC1CCCCC1. The van der Waals surface area contributed by atoms with Gasteiger partial charge in [0, 0.05) is 12.8 Å². The molecule has 0 bridgehead atoms. The number of carbonyl (C=O) groups is 2. The van der Waals surface area contributed by atoms with Crippen molar-refractivity contribution in [2.45, 2.75) is 83.7 Å². The number of esters is 1. The van der Waals surface area contributed by atoms with Crippen molar-refractivity contribution in [1.29, 1.82) is 0 Å². The van der Waals surface area contributed by atoms with Gasteiger partial charge in [-0.05, 0) is 38.0 Å². The minimum Gasteiger partial charge on any atom is -0.462 e. The molecule has 0 heterocycles. The van der Waals surface area contributed by atoms with Gasteiger partial charge in [-0.3, -0.25) is 4.79 Å². The van der Waals surface area contributed by atoms with Crippen LogP contribution in [0.4, 0.5) is 0 Å². The Morgan fingerprint density at radius 2 is 1.58 bits per heavy atom. The third-order valence-corrected chi connectivity index (χ3v) is 4.85. The lowest BCUT2D eigenvalue weighted by Crippen LogP contribution is -2.21. The molecule has 0 aliphatic heterocycles. The molecule has 4 nitrogen and oxygen atoms in total. The first kappa shape index (κ1) is 24.6. The van der Waals surface area contributed by atoms with Crippen LogP contribution in [0.2, 0.25) is 0 Å². The zero-order valence-electron chi connectivity index (χ0n) is 16.5. The smallest absolute Gasteiger partial charge is 0.302 e. The van der Waals surface area contributed by atoms with E-state index in [0.717, 1.165) is 25.5 Å². The van der Waals surface area contributed by atoms with Gasteiger partial charge in [0.2, 0.25) is 0 Å². The van der Waals surface area contributed by atoms with Crippen molar-refractivity contribution in [3.63, 3.8) is 0 Å². The number of carbonyl (C=O) groups excluding carboxylic acids is 2. The van der Waals surface area contributed by atoms with Crippen LogP contribution in [-0.2, 0) is 14.3 Å². The molecule has 0 spiro atoms. The molecule has 2 rings (SSSR count). The summed E-state index contributed by atoms with van der Waals surface area (Å²) in [5.41, 5.74) is 0. The monoisotopic (exact) mass is 366 g/mol. The van der Waals surface area contributed by atoms with Crippen LogP contribution in [0.5, 0.6) is 0 Å². The van der Waals surface area contributed by atoms with Crippen LogP contribution in [0, 0.1) is 11.8 Å². The predicted octanol–water partition coefficient (Wildman–Crippen LogP) is 5.00. The highest BCUT2D eigenvalue weighted by atomic mass is 16.5. The summed E-state index contributed by atoms with van der Waals surface area (Å²) in [6.45, 7) is 8.67. The van der Waals surface area contributed by atoms with E-state index in [-0.39, 0.29) is 12.1 Å². The average molecular weight is 367 g/mol. The van der Waals surface area contributed by atoms with Gasteiger partial charge in [-0.15, -0.1) is 6.58 Å². The Balaban J connectivity index is 0.000000373. The Morgan fingerprint density at radius 3 is 1.92 bits per heavy atom. The van der Waals surface area contributed by atoms with Crippen LogP contribution in [0.15, 0.2) is 25.3 Å². The lowest BCUT2D eigenvalue weighted by molar-refractivity contribution is -0.139. The normalized spacial score (nSPS) is 18.8. The van der Waals surface area contributed by atoms with Crippen LogP contribution in [0.25, 0.3) is 0 Å². The number of hydrogen-bond donors (Lipinski definition) is 1. The number of aliphatic hydroxyl groups excluding tert-OH is 1. The van der Waals surface area contributed by atoms with Gasteiger partial charge in [0.1, 0.15) is 12.9 Å². The highest BCUT2D eigenvalue weighted by Gasteiger charge is 2.19. The third-order valence-electron chi connectivity index (χ3n) is 4.85. The lowest BCUT2D eigenvalue weighted by atomic mass is 9.84. The van der Waals surface area contributed by atoms with Crippen molar-refractivity contribution < 1.29 is 19.4 Å².